The third-order valence-corrected chi connectivity index (χ3v) is 4.86. The number of rotatable bonds is 4. The number of carbonyl (C=O) groups excluding carboxylic acids is 1. The fraction of sp³-hybridized carbons (Fsp3) is 0.389. The molecule has 2 aromatic rings. The molecular weight excluding hydrogens is 316 g/mol. The summed E-state index contributed by atoms with van der Waals surface area (Å²) in [5, 5.41) is 6.23. The summed E-state index contributed by atoms with van der Waals surface area (Å²) in [6, 6.07) is 10.6. The fourth-order valence-corrected chi connectivity index (χ4v) is 3.21. The molecule has 0 spiro atoms. The van der Waals surface area contributed by atoms with E-state index in [0.717, 1.165) is 25.5 Å². The first-order valence-corrected chi connectivity index (χ1v) is 8.53. The minimum Gasteiger partial charge on any atom is -0.349 e. The first-order valence-electron chi connectivity index (χ1n) is 8.53. The fourth-order valence-electron chi connectivity index (χ4n) is 3.21. The van der Waals surface area contributed by atoms with Crippen LogP contribution in [0.25, 0.3) is 0 Å². The Hall–Kier alpha value is -2.67. The van der Waals surface area contributed by atoms with E-state index in [-0.39, 0.29) is 11.9 Å². The predicted octanol–water partition coefficient (Wildman–Crippen LogP) is 1.55. The number of hydrogen-bond acceptors (Lipinski definition) is 6. The number of likely N-dealkylation sites (N-methyl/N-ethyl adjacent to an activating group) is 1. The van der Waals surface area contributed by atoms with Gasteiger partial charge in [0.2, 0.25) is 11.9 Å². The van der Waals surface area contributed by atoms with Crippen molar-refractivity contribution >= 4 is 23.4 Å². The lowest BCUT2D eigenvalue weighted by atomic mass is 10.1. The zero-order chi connectivity index (χ0) is 17.4. The van der Waals surface area contributed by atoms with E-state index in [4.69, 9.17) is 0 Å². The highest BCUT2D eigenvalue weighted by Gasteiger charge is 2.30. The second kappa shape index (κ2) is 6.33. The second-order valence-electron chi connectivity index (χ2n) is 6.73. The summed E-state index contributed by atoms with van der Waals surface area (Å²) < 4.78 is 0. The van der Waals surface area contributed by atoms with Crippen LogP contribution in [0.1, 0.15) is 12.5 Å². The average Bonchev–Trinajstić information content (AvgIpc) is 2.59. The molecule has 0 bridgehead atoms. The summed E-state index contributed by atoms with van der Waals surface area (Å²) in [6.45, 7) is 4.77. The molecule has 2 aliphatic rings. The maximum atomic E-state index is 11.8. The Morgan fingerprint density at radius 3 is 2.80 bits per heavy atom. The number of nitrogens with zero attached hydrogens (tertiary/aromatic N) is 4. The predicted molar refractivity (Wildman–Crippen MR) is 97.7 cm³/mol. The molecule has 7 heteroatoms. The molecular formula is C18H22N6O. The molecule has 0 unspecified atom stereocenters. The highest BCUT2D eigenvalue weighted by Crippen LogP contribution is 2.29. The summed E-state index contributed by atoms with van der Waals surface area (Å²) in [6.07, 6.45) is 1.67. The molecule has 1 aromatic heterocycles. The van der Waals surface area contributed by atoms with Crippen molar-refractivity contribution in [1.29, 1.82) is 0 Å². The van der Waals surface area contributed by atoms with Gasteiger partial charge in [-0.25, -0.2) is 4.98 Å². The first-order chi connectivity index (χ1) is 12.1. The highest BCUT2D eigenvalue weighted by atomic mass is 16.2. The molecule has 1 atom stereocenters. The van der Waals surface area contributed by atoms with Gasteiger partial charge in [0.25, 0.3) is 0 Å². The summed E-state index contributed by atoms with van der Waals surface area (Å²) in [7, 11) is 1.88. The molecule has 4 rings (SSSR count). The normalized spacial score (nSPS) is 20.6. The van der Waals surface area contributed by atoms with Gasteiger partial charge in [0.05, 0.1) is 12.2 Å². The number of benzene rings is 1. The molecule has 2 aliphatic heterocycles. The molecule has 0 aliphatic carbocycles. The van der Waals surface area contributed by atoms with E-state index in [2.05, 4.69) is 49.8 Å². The van der Waals surface area contributed by atoms with Crippen LogP contribution in [0.15, 0.2) is 36.5 Å². The maximum Gasteiger partial charge on any atom is 0.246 e. The van der Waals surface area contributed by atoms with Crippen molar-refractivity contribution in [2.75, 3.05) is 35.7 Å². The van der Waals surface area contributed by atoms with Gasteiger partial charge in [0.1, 0.15) is 11.7 Å². The third-order valence-electron chi connectivity index (χ3n) is 4.86. The molecule has 25 heavy (non-hydrogen) atoms. The van der Waals surface area contributed by atoms with Crippen molar-refractivity contribution in [2.45, 2.75) is 25.6 Å². The van der Waals surface area contributed by atoms with Gasteiger partial charge >= 0.3 is 0 Å². The number of aromatic nitrogens is 2. The van der Waals surface area contributed by atoms with Crippen LogP contribution < -0.4 is 15.5 Å². The average molecular weight is 338 g/mol. The SMILES string of the molecule is C[C@H]1C(=O)Nc2cnc(NC3CN(Cc4ccccc4)C3)nc2N1C. The second-order valence-corrected chi connectivity index (χ2v) is 6.73. The molecule has 1 aromatic carbocycles. The Kier molecular flexibility index (Phi) is 4.01. The van der Waals surface area contributed by atoms with Crippen molar-refractivity contribution in [3.8, 4) is 0 Å². The van der Waals surface area contributed by atoms with Gasteiger partial charge in [-0.05, 0) is 12.5 Å². The van der Waals surface area contributed by atoms with Crippen LogP contribution in [-0.4, -0.2) is 53.0 Å². The van der Waals surface area contributed by atoms with Crippen LogP contribution in [0.4, 0.5) is 17.5 Å². The van der Waals surface area contributed by atoms with Crippen molar-refractivity contribution < 1.29 is 4.79 Å². The minimum absolute atomic E-state index is 0.0325. The Bertz CT molecular complexity index is 774. The molecule has 1 fully saturated rings. The van der Waals surface area contributed by atoms with Gasteiger partial charge in [0.15, 0.2) is 5.82 Å². The summed E-state index contributed by atoms with van der Waals surface area (Å²) >= 11 is 0. The van der Waals surface area contributed by atoms with Crippen molar-refractivity contribution in [3.05, 3.63) is 42.1 Å². The summed E-state index contributed by atoms with van der Waals surface area (Å²) in [5.74, 6) is 1.33. The van der Waals surface area contributed by atoms with Crippen molar-refractivity contribution in [1.82, 2.24) is 14.9 Å². The van der Waals surface area contributed by atoms with Gasteiger partial charge in [-0.2, -0.15) is 4.98 Å². The topological polar surface area (TPSA) is 73.4 Å². The zero-order valence-electron chi connectivity index (χ0n) is 14.4. The van der Waals surface area contributed by atoms with Crippen LogP contribution in [0.3, 0.4) is 0 Å². The lowest BCUT2D eigenvalue weighted by Crippen LogP contribution is -2.54. The molecule has 2 N–H and O–H groups in total. The lowest BCUT2D eigenvalue weighted by molar-refractivity contribution is -0.117. The van der Waals surface area contributed by atoms with E-state index in [1.165, 1.54) is 5.56 Å². The van der Waals surface area contributed by atoms with E-state index in [0.29, 0.717) is 17.7 Å². The van der Waals surface area contributed by atoms with Crippen molar-refractivity contribution in [2.24, 2.45) is 0 Å². The molecule has 7 nitrogen and oxygen atoms in total. The quantitative estimate of drug-likeness (QED) is 0.881. The largest absolute Gasteiger partial charge is 0.349 e. The molecule has 130 valence electrons. The van der Waals surface area contributed by atoms with Gasteiger partial charge < -0.3 is 15.5 Å². The Morgan fingerprint density at radius 1 is 1.28 bits per heavy atom. The van der Waals surface area contributed by atoms with E-state index in [9.17, 15) is 4.79 Å². The monoisotopic (exact) mass is 338 g/mol. The molecule has 1 saturated heterocycles. The van der Waals surface area contributed by atoms with Gasteiger partial charge in [-0.15, -0.1) is 0 Å². The molecule has 1 amide bonds. The number of likely N-dealkylation sites (tertiary alicyclic amines) is 1. The summed E-state index contributed by atoms with van der Waals surface area (Å²) in [4.78, 5) is 25.0. The Labute approximate surface area is 147 Å². The van der Waals surface area contributed by atoms with Crippen LogP contribution in [0.5, 0.6) is 0 Å². The minimum atomic E-state index is -0.236. The third kappa shape index (κ3) is 3.15. The van der Waals surface area contributed by atoms with Crippen LogP contribution in [0.2, 0.25) is 0 Å². The smallest absolute Gasteiger partial charge is 0.246 e. The van der Waals surface area contributed by atoms with E-state index in [1.54, 1.807) is 6.20 Å². The maximum absolute atomic E-state index is 11.8. The zero-order valence-corrected chi connectivity index (χ0v) is 14.4. The number of nitrogens with one attached hydrogen (secondary N) is 2. The number of hydrogen-bond donors (Lipinski definition) is 2. The van der Waals surface area contributed by atoms with E-state index in [1.807, 2.05) is 24.9 Å². The summed E-state index contributed by atoms with van der Waals surface area (Å²) in [5.41, 5.74) is 1.99. The van der Waals surface area contributed by atoms with Gasteiger partial charge in [-0.1, -0.05) is 30.3 Å². The number of amides is 1. The lowest BCUT2D eigenvalue weighted by Gasteiger charge is -2.40. The van der Waals surface area contributed by atoms with Crippen LogP contribution in [-0.2, 0) is 11.3 Å². The van der Waals surface area contributed by atoms with E-state index >= 15 is 0 Å². The van der Waals surface area contributed by atoms with Gasteiger partial charge in [-0.3, -0.25) is 9.69 Å². The van der Waals surface area contributed by atoms with Crippen molar-refractivity contribution in [3.63, 3.8) is 0 Å². The number of fused-ring (bicyclic) bond motifs is 1. The highest BCUT2D eigenvalue weighted by molar-refractivity contribution is 6.02. The molecule has 0 saturated carbocycles. The van der Waals surface area contributed by atoms with Gasteiger partial charge in [0, 0.05) is 26.7 Å². The first kappa shape index (κ1) is 15.8. The van der Waals surface area contributed by atoms with Crippen LogP contribution in [0, 0.1) is 0 Å². The standard InChI is InChI=1S/C18H22N6O/c1-12-17(25)21-15-8-19-18(22-16(15)23(12)2)20-14-10-24(11-14)9-13-6-4-3-5-7-13/h3-8,12,14H,9-11H2,1-2H3,(H,21,25)(H,19,20,22)/t12-/m0/s1. The number of carbonyl (C=O) groups is 1. The Balaban J connectivity index is 1.36. The molecule has 3 heterocycles. The number of anilines is 3. The van der Waals surface area contributed by atoms with Crippen LogP contribution >= 0.6 is 0 Å². The Morgan fingerprint density at radius 2 is 2.04 bits per heavy atom. The molecule has 0 radical (unpaired) electrons. The van der Waals surface area contributed by atoms with E-state index < -0.39 is 0 Å².